The number of hydrogen-bond acceptors (Lipinski definition) is 2. The molecule has 0 saturated carbocycles. The van der Waals surface area contributed by atoms with E-state index in [1.807, 2.05) is 0 Å². The quantitative estimate of drug-likeness (QED) is 0.783. The van der Waals surface area contributed by atoms with Gasteiger partial charge in [-0.3, -0.25) is 9.42 Å². The van der Waals surface area contributed by atoms with E-state index < -0.39 is 25.2 Å². The zero-order chi connectivity index (χ0) is 13.3. The van der Waals surface area contributed by atoms with Gasteiger partial charge in [0.1, 0.15) is 0 Å². The second-order valence-corrected chi connectivity index (χ2v) is 3.31. The molecule has 0 aliphatic heterocycles. The highest BCUT2D eigenvalue weighted by molar-refractivity contribution is 5.01. The van der Waals surface area contributed by atoms with Crippen LogP contribution in [0, 0.1) is 6.92 Å². The Bertz CT molecular complexity index is 369. The lowest BCUT2D eigenvalue weighted by Crippen LogP contribution is -2.33. The topological polar surface area (TPSA) is 27.1 Å². The number of aryl methyl sites for hydroxylation is 1. The molecule has 1 atom stereocenters. The summed E-state index contributed by atoms with van der Waals surface area (Å²) in [4.78, 5) is 0. The van der Waals surface area contributed by atoms with Crippen LogP contribution in [-0.2, 0) is 4.74 Å². The molecular formula is C8H8F6N2O. The summed E-state index contributed by atoms with van der Waals surface area (Å²) in [7, 11) is 0. The van der Waals surface area contributed by atoms with Gasteiger partial charge in [0, 0.05) is 6.20 Å². The van der Waals surface area contributed by atoms with Crippen molar-refractivity contribution in [3.8, 4) is 0 Å². The Morgan fingerprint density at radius 2 is 1.88 bits per heavy atom. The van der Waals surface area contributed by atoms with Crippen LogP contribution in [0.5, 0.6) is 0 Å². The van der Waals surface area contributed by atoms with Gasteiger partial charge in [-0.1, -0.05) is 0 Å². The van der Waals surface area contributed by atoms with Gasteiger partial charge in [-0.2, -0.15) is 18.3 Å². The summed E-state index contributed by atoms with van der Waals surface area (Å²) in [5.41, 5.74) is 0.409. The fourth-order valence-electron chi connectivity index (χ4n) is 1.10. The Labute approximate surface area is 92.0 Å². The molecule has 0 spiro atoms. The first-order valence-corrected chi connectivity index (χ1v) is 4.38. The van der Waals surface area contributed by atoms with Gasteiger partial charge in [-0.15, -0.1) is 13.2 Å². The Hall–Kier alpha value is -1.25. The summed E-state index contributed by atoms with van der Waals surface area (Å²) < 4.78 is 76.2. The largest absolute Gasteiger partial charge is 0.522 e. The van der Waals surface area contributed by atoms with E-state index in [0.717, 1.165) is 12.4 Å². The Morgan fingerprint density at radius 3 is 2.24 bits per heavy atom. The van der Waals surface area contributed by atoms with Crippen molar-refractivity contribution in [1.82, 2.24) is 9.78 Å². The van der Waals surface area contributed by atoms with Gasteiger partial charge < -0.3 is 0 Å². The number of nitrogens with zero attached hydrogens (tertiary/aromatic N) is 2. The lowest BCUT2D eigenvalue weighted by molar-refractivity contribution is -0.336. The van der Waals surface area contributed by atoms with Crippen molar-refractivity contribution in [2.24, 2.45) is 0 Å². The van der Waals surface area contributed by atoms with Gasteiger partial charge >= 0.3 is 12.5 Å². The fourth-order valence-corrected chi connectivity index (χ4v) is 1.10. The summed E-state index contributed by atoms with van der Waals surface area (Å²) in [6.07, 6.45) is -7.86. The molecule has 1 aromatic rings. The molecule has 1 unspecified atom stereocenters. The van der Waals surface area contributed by atoms with E-state index in [2.05, 4.69) is 9.84 Å². The van der Waals surface area contributed by atoms with Crippen molar-refractivity contribution in [2.75, 3.05) is 6.61 Å². The first-order valence-electron chi connectivity index (χ1n) is 4.38. The van der Waals surface area contributed by atoms with Crippen molar-refractivity contribution in [3.63, 3.8) is 0 Å². The third-order valence-electron chi connectivity index (χ3n) is 1.83. The molecule has 0 aromatic carbocycles. The minimum absolute atomic E-state index is 0.404. The molecule has 98 valence electrons. The number of rotatable bonds is 3. The van der Waals surface area contributed by atoms with Gasteiger partial charge in [0.05, 0.1) is 12.8 Å². The highest BCUT2D eigenvalue weighted by Gasteiger charge is 2.44. The Balaban J connectivity index is 2.83. The molecule has 0 amide bonds. The molecule has 0 fully saturated rings. The van der Waals surface area contributed by atoms with E-state index in [0.29, 0.717) is 10.2 Å². The number of ether oxygens (including phenoxy) is 1. The van der Waals surface area contributed by atoms with E-state index in [-0.39, 0.29) is 0 Å². The molecule has 0 aliphatic carbocycles. The van der Waals surface area contributed by atoms with E-state index >= 15 is 0 Å². The van der Waals surface area contributed by atoms with Crippen LogP contribution in [0.2, 0.25) is 0 Å². The van der Waals surface area contributed by atoms with Crippen molar-refractivity contribution in [3.05, 3.63) is 18.0 Å². The molecule has 0 bridgehead atoms. The van der Waals surface area contributed by atoms with E-state index in [9.17, 15) is 26.3 Å². The molecule has 0 aliphatic rings. The molecule has 0 N–H and O–H groups in total. The first kappa shape index (κ1) is 13.8. The second-order valence-electron chi connectivity index (χ2n) is 3.31. The first-order chi connectivity index (χ1) is 7.59. The van der Waals surface area contributed by atoms with Crippen molar-refractivity contribution < 1.29 is 31.1 Å². The number of alkyl halides is 6. The third-order valence-corrected chi connectivity index (χ3v) is 1.83. The maximum absolute atomic E-state index is 12.5. The Kier molecular flexibility index (Phi) is 3.70. The number of aromatic nitrogens is 2. The summed E-state index contributed by atoms with van der Waals surface area (Å²) in [5, 5.41) is 3.33. The van der Waals surface area contributed by atoms with Crippen LogP contribution in [0.3, 0.4) is 0 Å². The van der Waals surface area contributed by atoms with Crippen LogP contribution < -0.4 is 0 Å². The summed E-state index contributed by atoms with van der Waals surface area (Å²) >= 11 is 0. The predicted octanol–water partition coefficient (Wildman–Crippen LogP) is 2.83. The van der Waals surface area contributed by atoms with Crippen molar-refractivity contribution >= 4 is 0 Å². The normalized spacial score (nSPS) is 15.0. The van der Waals surface area contributed by atoms with E-state index in [4.69, 9.17) is 0 Å². The maximum atomic E-state index is 12.5. The van der Waals surface area contributed by atoms with Crippen LogP contribution >= 0.6 is 0 Å². The molecule has 9 heteroatoms. The summed E-state index contributed by atoms with van der Waals surface area (Å²) in [5.74, 6) is 0. The van der Waals surface area contributed by atoms with Crippen molar-refractivity contribution in [2.45, 2.75) is 25.5 Å². The number of halogens is 6. The summed E-state index contributed by atoms with van der Waals surface area (Å²) in [6, 6.07) is -2.46. The molecule has 3 nitrogen and oxygen atoms in total. The molecule has 1 rings (SSSR count). The van der Waals surface area contributed by atoms with E-state index in [1.54, 1.807) is 0 Å². The zero-order valence-corrected chi connectivity index (χ0v) is 8.51. The molecule has 0 radical (unpaired) electrons. The lowest BCUT2D eigenvalue weighted by atomic mass is 10.3. The molecule has 1 aromatic heterocycles. The second kappa shape index (κ2) is 4.55. The van der Waals surface area contributed by atoms with Crippen LogP contribution in [0.1, 0.15) is 11.6 Å². The van der Waals surface area contributed by atoms with Gasteiger partial charge in [-0.25, -0.2) is 0 Å². The minimum atomic E-state index is -5.11. The van der Waals surface area contributed by atoms with Crippen LogP contribution in [0.15, 0.2) is 12.4 Å². The third kappa shape index (κ3) is 4.25. The van der Waals surface area contributed by atoms with E-state index in [1.165, 1.54) is 6.92 Å². The molecule has 0 saturated heterocycles. The summed E-state index contributed by atoms with van der Waals surface area (Å²) in [6.45, 7) is -0.0876. The van der Waals surface area contributed by atoms with Crippen LogP contribution in [0.4, 0.5) is 26.3 Å². The predicted molar refractivity (Wildman–Crippen MR) is 44.1 cm³/mol. The van der Waals surface area contributed by atoms with Gasteiger partial charge in [-0.05, 0) is 12.5 Å². The maximum Gasteiger partial charge on any atom is 0.522 e. The molecular weight excluding hydrogens is 254 g/mol. The van der Waals surface area contributed by atoms with Gasteiger partial charge in [0.2, 0.25) is 0 Å². The minimum Gasteiger partial charge on any atom is -0.289 e. The highest BCUT2D eigenvalue weighted by atomic mass is 19.4. The standard InChI is InChI=1S/C8H8F6N2O/c1-5-2-15-16(3-5)6(7(9,10)11)4-17-8(12,13)14/h2-3,6H,4H2,1H3. The van der Waals surface area contributed by atoms with Crippen LogP contribution in [0.25, 0.3) is 0 Å². The average Bonchev–Trinajstić information content (AvgIpc) is 2.47. The highest BCUT2D eigenvalue weighted by Crippen LogP contribution is 2.32. The Morgan fingerprint density at radius 1 is 1.29 bits per heavy atom. The smallest absolute Gasteiger partial charge is 0.289 e. The zero-order valence-electron chi connectivity index (χ0n) is 8.51. The van der Waals surface area contributed by atoms with Crippen LogP contribution in [-0.4, -0.2) is 28.9 Å². The SMILES string of the molecule is Cc1cnn(C(COC(F)(F)F)C(F)(F)F)c1. The molecule has 1 heterocycles. The molecule has 17 heavy (non-hydrogen) atoms. The van der Waals surface area contributed by atoms with Gasteiger partial charge in [0.15, 0.2) is 6.04 Å². The fraction of sp³-hybridized carbons (Fsp3) is 0.625. The van der Waals surface area contributed by atoms with Crippen molar-refractivity contribution in [1.29, 1.82) is 0 Å². The monoisotopic (exact) mass is 262 g/mol. The van der Waals surface area contributed by atoms with Gasteiger partial charge in [0.25, 0.3) is 0 Å². The lowest BCUT2D eigenvalue weighted by Gasteiger charge is -2.21. The average molecular weight is 262 g/mol. The number of hydrogen-bond donors (Lipinski definition) is 0.